The number of hydrogen-bond donors (Lipinski definition) is 1. The Balaban J connectivity index is 1.81. The summed E-state index contributed by atoms with van der Waals surface area (Å²) in [6.07, 6.45) is 2.14. The van der Waals surface area contributed by atoms with Gasteiger partial charge in [-0.2, -0.15) is 0 Å². The Hall–Kier alpha value is -3.08. The molecule has 0 bridgehead atoms. The molecule has 3 aromatic rings. The van der Waals surface area contributed by atoms with Crippen LogP contribution in [-0.4, -0.2) is 22.6 Å². The molecule has 1 N–H and O–H groups in total. The van der Waals surface area contributed by atoms with Crippen LogP contribution in [0.4, 0.5) is 5.82 Å². The molecule has 0 saturated carbocycles. The van der Waals surface area contributed by atoms with Crippen molar-refractivity contribution in [2.75, 3.05) is 12.4 Å². The molecular formula is C19H17N3O2. The zero-order valence-electron chi connectivity index (χ0n) is 13.3. The van der Waals surface area contributed by atoms with E-state index in [-0.39, 0.29) is 11.8 Å². The molecule has 5 heteroatoms. The Morgan fingerprint density at radius 1 is 1.17 bits per heavy atom. The number of methoxy groups -OCH3 is 1. The second-order valence-electron chi connectivity index (χ2n) is 5.77. The number of rotatable bonds is 3. The summed E-state index contributed by atoms with van der Waals surface area (Å²) in [5, 5.41) is 2.97. The van der Waals surface area contributed by atoms with Gasteiger partial charge in [0.2, 0.25) is 5.91 Å². The Kier molecular flexibility index (Phi) is 3.54. The lowest BCUT2D eigenvalue weighted by molar-refractivity contribution is -0.116. The van der Waals surface area contributed by atoms with Crippen molar-refractivity contribution in [2.45, 2.75) is 12.3 Å². The van der Waals surface area contributed by atoms with Crippen LogP contribution in [0.25, 0.3) is 5.69 Å². The molecule has 1 atom stereocenters. The topological polar surface area (TPSA) is 56.1 Å². The average molecular weight is 319 g/mol. The third kappa shape index (κ3) is 2.44. The molecule has 120 valence electrons. The number of benzene rings is 2. The number of imidazole rings is 1. The normalized spacial score (nSPS) is 16.4. The van der Waals surface area contributed by atoms with Gasteiger partial charge < -0.3 is 10.1 Å². The summed E-state index contributed by atoms with van der Waals surface area (Å²) in [5.74, 6) is 1.44. The molecule has 0 radical (unpaired) electrons. The monoisotopic (exact) mass is 319 g/mol. The fraction of sp³-hybridized carbons (Fsp3) is 0.158. The van der Waals surface area contributed by atoms with E-state index in [0.717, 1.165) is 28.5 Å². The molecule has 1 aliphatic heterocycles. The summed E-state index contributed by atoms with van der Waals surface area (Å²) in [6.45, 7) is 0. The largest absolute Gasteiger partial charge is 0.497 e. The molecule has 0 saturated heterocycles. The van der Waals surface area contributed by atoms with Crippen LogP contribution in [0.3, 0.4) is 0 Å². The number of aromatic nitrogens is 2. The number of nitrogens with zero attached hydrogens (tertiary/aromatic N) is 2. The highest BCUT2D eigenvalue weighted by atomic mass is 16.5. The zero-order valence-corrected chi connectivity index (χ0v) is 13.3. The Bertz CT molecular complexity index is 887. The predicted molar refractivity (Wildman–Crippen MR) is 91.6 cm³/mol. The highest BCUT2D eigenvalue weighted by Gasteiger charge is 2.31. The van der Waals surface area contributed by atoms with Crippen LogP contribution in [0, 0.1) is 0 Å². The van der Waals surface area contributed by atoms with Crippen LogP contribution in [0.15, 0.2) is 60.9 Å². The molecule has 2 heterocycles. The van der Waals surface area contributed by atoms with E-state index in [0.29, 0.717) is 6.42 Å². The van der Waals surface area contributed by atoms with Gasteiger partial charge in [-0.15, -0.1) is 0 Å². The van der Waals surface area contributed by atoms with Crippen molar-refractivity contribution in [2.24, 2.45) is 0 Å². The van der Waals surface area contributed by atoms with Gasteiger partial charge >= 0.3 is 0 Å². The molecule has 2 aromatic carbocycles. The van der Waals surface area contributed by atoms with Crippen LogP contribution < -0.4 is 10.1 Å². The minimum atomic E-state index is -0.0752. The van der Waals surface area contributed by atoms with E-state index in [9.17, 15) is 4.79 Å². The lowest BCUT2D eigenvalue weighted by atomic mass is 9.89. The number of ether oxygens (including phenoxy) is 1. The van der Waals surface area contributed by atoms with Gasteiger partial charge in [-0.05, 0) is 29.8 Å². The van der Waals surface area contributed by atoms with E-state index < -0.39 is 0 Å². The lowest BCUT2D eigenvalue weighted by Gasteiger charge is -2.23. The summed E-state index contributed by atoms with van der Waals surface area (Å²) < 4.78 is 7.23. The number of anilines is 1. The summed E-state index contributed by atoms with van der Waals surface area (Å²) >= 11 is 0. The average Bonchev–Trinajstić information content (AvgIpc) is 3.05. The second kappa shape index (κ2) is 5.85. The molecule has 1 aliphatic rings. The van der Waals surface area contributed by atoms with Crippen LogP contribution in [0.2, 0.25) is 0 Å². The van der Waals surface area contributed by atoms with Crippen molar-refractivity contribution in [3.05, 3.63) is 72.2 Å². The maximum atomic E-state index is 12.3. The molecule has 0 spiro atoms. The highest BCUT2D eigenvalue weighted by molar-refractivity contribution is 5.94. The summed E-state index contributed by atoms with van der Waals surface area (Å²) in [4.78, 5) is 16.9. The van der Waals surface area contributed by atoms with Gasteiger partial charge in [-0.3, -0.25) is 9.36 Å². The minimum absolute atomic E-state index is 0.00648. The maximum absolute atomic E-state index is 12.3. The third-order valence-corrected chi connectivity index (χ3v) is 4.30. The predicted octanol–water partition coefficient (Wildman–Crippen LogP) is 3.36. The standard InChI is InChI=1S/C19H17N3O2/c1-24-15-9-5-6-13(10-15)16-11-17(23)21-19-18(16)20-12-22(19)14-7-3-2-4-8-14/h2-10,12,16H,11H2,1H3,(H,21,23)/t16-/m0/s1. The molecule has 4 rings (SSSR count). The Labute approximate surface area is 139 Å². The van der Waals surface area contributed by atoms with Gasteiger partial charge in [0.1, 0.15) is 17.9 Å². The third-order valence-electron chi connectivity index (χ3n) is 4.30. The molecule has 0 unspecified atom stereocenters. The molecule has 1 amide bonds. The van der Waals surface area contributed by atoms with Crippen LogP contribution >= 0.6 is 0 Å². The molecule has 24 heavy (non-hydrogen) atoms. The van der Waals surface area contributed by atoms with Crippen LogP contribution in [0.1, 0.15) is 23.6 Å². The van der Waals surface area contributed by atoms with Gasteiger partial charge in [-0.1, -0.05) is 30.3 Å². The van der Waals surface area contributed by atoms with Crippen molar-refractivity contribution in [1.29, 1.82) is 0 Å². The van der Waals surface area contributed by atoms with E-state index in [1.54, 1.807) is 13.4 Å². The van der Waals surface area contributed by atoms with Gasteiger partial charge in [0.25, 0.3) is 0 Å². The van der Waals surface area contributed by atoms with E-state index in [4.69, 9.17) is 4.74 Å². The van der Waals surface area contributed by atoms with Gasteiger partial charge in [0.15, 0.2) is 0 Å². The van der Waals surface area contributed by atoms with Crippen molar-refractivity contribution < 1.29 is 9.53 Å². The highest BCUT2D eigenvalue weighted by Crippen LogP contribution is 2.38. The van der Waals surface area contributed by atoms with E-state index in [1.165, 1.54) is 0 Å². The summed E-state index contributed by atoms with van der Waals surface area (Å²) in [5.41, 5.74) is 2.88. The quantitative estimate of drug-likeness (QED) is 0.805. The first-order valence-corrected chi connectivity index (χ1v) is 7.82. The summed E-state index contributed by atoms with van der Waals surface area (Å²) in [6, 6.07) is 17.7. The van der Waals surface area contributed by atoms with Gasteiger partial charge in [-0.25, -0.2) is 4.98 Å². The van der Waals surface area contributed by atoms with E-state index in [1.807, 2.05) is 59.2 Å². The smallest absolute Gasteiger partial charge is 0.226 e. The Morgan fingerprint density at radius 3 is 2.79 bits per heavy atom. The van der Waals surface area contributed by atoms with E-state index in [2.05, 4.69) is 10.3 Å². The number of nitrogens with one attached hydrogen (secondary N) is 1. The first kappa shape index (κ1) is 14.5. The SMILES string of the molecule is COc1cccc([C@@H]2CC(=O)Nc3c2ncn3-c2ccccc2)c1. The van der Waals surface area contributed by atoms with Crippen molar-refractivity contribution >= 4 is 11.7 Å². The van der Waals surface area contributed by atoms with E-state index >= 15 is 0 Å². The fourth-order valence-electron chi connectivity index (χ4n) is 3.13. The first-order valence-electron chi connectivity index (χ1n) is 7.82. The molecule has 0 fully saturated rings. The molecular weight excluding hydrogens is 302 g/mol. The van der Waals surface area contributed by atoms with Gasteiger partial charge in [0, 0.05) is 18.0 Å². The minimum Gasteiger partial charge on any atom is -0.497 e. The van der Waals surface area contributed by atoms with Crippen LogP contribution in [0.5, 0.6) is 5.75 Å². The first-order chi connectivity index (χ1) is 11.8. The number of para-hydroxylation sites is 1. The van der Waals surface area contributed by atoms with Crippen molar-refractivity contribution in [3.63, 3.8) is 0 Å². The zero-order chi connectivity index (χ0) is 16.5. The van der Waals surface area contributed by atoms with Crippen molar-refractivity contribution in [3.8, 4) is 11.4 Å². The number of amides is 1. The van der Waals surface area contributed by atoms with Crippen LogP contribution in [-0.2, 0) is 4.79 Å². The molecule has 1 aromatic heterocycles. The number of carbonyl (C=O) groups excluding carboxylic acids is 1. The Morgan fingerprint density at radius 2 is 2.00 bits per heavy atom. The number of carbonyl (C=O) groups is 1. The summed E-state index contributed by atoms with van der Waals surface area (Å²) in [7, 11) is 1.64. The second-order valence-corrected chi connectivity index (χ2v) is 5.77. The number of hydrogen-bond acceptors (Lipinski definition) is 3. The maximum Gasteiger partial charge on any atom is 0.226 e. The molecule has 0 aliphatic carbocycles. The lowest BCUT2D eigenvalue weighted by Crippen LogP contribution is -2.24. The van der Waals surface area contributed by atoms with Crippen molar-refractivity contribution in [1.82, 2.24) is 9.55 Å². The fourth-order valence-corrected chi connectivity index (χ4v) is 3.13. The number of fused-ring (bicyclic) bond motifs is 1. The van der Waals surface area contributed by atoms with Gasteiger partial charge in [0.05, 0.1) is 12.8 Å². The molecule has 5 nitrogen and oxygen atoms in total.